The van der Waals surface area contributed by atoms with Crippen molar-refractivity contribution in [2.24, 2.45) is 4.99 Å². The molecule has 0 aliphatic heterocycles. The van der Waals surface area contributed by atoms with E-state index in [2.05, 4.69) is 31.2 Å². The van der Waals surface area contributed by atoms with E-state index in [1.54, 1.807) is 37.4 Å². The number of guanidine groups is 1. The molecular formula is C21H27N5O2S. The van der Waals surface area contributed by atoms with Crippen LogP contribution >= 0.6 is 0 Å². The fourth-order valence-corrected chi connectivity index (χ4v) is 4.37. The minimum atomic E-state index is -3.30. The van der Waals surface area contributed by atoms with E-state index in [1.807, 2.05) is 25.1 Å². The van der Waals surface area contributed by atoms with E-state index in [1.165, 1.54) is 0 Å². The van der Waals surface area contributed by atoms with Crippen molar-refractivity contribution < 1.29 is 8.42 Å². The molecule has 29 heavy (non-hydrogen) atoms. The molecule has 0 unspecified atom stereocenters. The number of benzene rings is 2. The van der Waals surface area contributed by atoms with Gasteiger partial charge in [0.05, 0.1) is 21.7 Å². The molecular weight excluding hydrogens is 386 g/mol. The summed E-state index contributed by atoms with van der Waals surface area (Å²) in [6, 6.07) is 16.6. The fourth-order valence-electron chi connectivity index (χ4n) is 3.19. The van der Waals surface area contributed by atoms with Gasteiger partial charge in [-0.1, -0.05) is 30.3 Å². The molecule has 0 fully saturated rings. The van der Waals surface area contributed by atoms with Gasteiger partial charge >= 0.3 is 0 Å². The summed E-state index contributed by atoms with van der Waals surface area (Å²) in [4.78, 5) is 9.08. The van der Waals surface area contributed by atoms with Crippen molar-refractivity contribution in [3.05, 3.63) is 60.4 Å². The number of aromatic nitrogens is 2. The normalized spacial score (nSPS) is 12.3. The largest absolute Gasteiger partial charge is 0.356 e. The second-order valence-corrected chi connectivity index (χ2v) is 8.82. The molecule has 0 atom stereocenters. The fraction of sp³-hybridized carbons (Fsp3) is 0.333. The van der Waals surface area contributed by atoms with Crippen molar-refractivity contribution in [1.29, 1.82) is 0 Å². The van der Waals surface area contributed by atoms with Gasteiger partial charge in [0.2, 0.25) is 0 Å². The van der Waals surface area contributed by atoms with Gasteiger partial charge in [0.15, 0.2) is 15.8 Å². The summed E-state index contributed by atoms with van der Waals surface area (Å²) in [5, 5.41) is 6.31. The number of hydrogen-bond donors (Lipinski definition) is 2. The van der Waals surface area contributed by atoms with Crippen molar-refractivity contribution in [1.82, 2.24) is 20.2 Å². The monoisotopic (exact) mass is 413 g/mol. The Labute approximate surface area is 171 Å². The smallest absolute Gasteiger partial charge is 0.191 e. The second kappa shape index (κ2) is 9.56. The zero-order chi connectivity index (χ0) is 20.7. The number of sulfone groups is 1. The lowest BCUT2D eigenvalue weighted by Crippen LogP contribution is -2.40. The molecule has 3 aromatic rings. The van der Waals surface area contributed by atoms with Crippen molar-refractivity contribution in [2.45, 2.75) is 24.8 Å². The molecule has 0 spiro atoms. The maximum atomic E-state index is 12.3. The van der Waals surface area contributed by atoms with Crippen LogP contribution in [-0.4, -0.2) is 49.8 Å². The van der Waals surface area contributed by atoms with Crippen molar-refractivity contribution in [3.8, 4) is 0 Å². The molecule has 2 aromatic carbocycles. The van der Waals surface area contributed by atoms with Crippen molar-refractivity contribution >= 4 is 26.8 Å². The van der Waals surface area contributed by atoms with Gasteiger partial charge in [0.1, 0.15) is 5.82 Å². The Kier molecular flexibility index (Phi) is 6.87. The number of imidazole rings is 1. The standard InChI is InChI=1S/C21H27N5O2S/c1-17-25-19-11-6-7-12-20(19)26(17)15-8-13-23-21(22-2)24-14-16-29(27,28)18-9-4-3-5-10-18/h3-7,9-12H,8,13-16H2,1-2H3,(H2,22,23,24). The highest BCUT2D eigenvalue weighted by atomic mass is 32.2. The predicted molar refractivity (Wildman–Crippen MR) is 117 cm³/mol. The van der Waals surface area contributed by atoms with Crippen LogP contribution in [-0.2, 0) is 16.4 Å². The maximum Gasteiger partial charge on any atom is 0.191 e. The highest BCUT2D eigenvalue weighted by Gasteiger charge is 2.13. The summed E-state index contributed by atoms with van der Waals surface area (Å²) in [7, 11) is -1.62. The quantitative estimate of drug-likeness (QED) is 0.336. The minimum absolute atomic E-state index is 0.0118. The molecule has 1 heterocycles. The third-order valence-corrected chi connectivity index (χ3v) is 6.42. The Bertz CT molecular complexity index is 1070. The Balaban J connectivity index is 1.44. The van der Waals surface area contributed by atoms with Crippen LogP contribution in [0.4, 0.5) is 0 Å². The summed E-state index contributed by atoms with van der Waals surface area (Å²) in [6.07, 6.45) is 0.893. The number of para-hydroxylation sites is 2. The van der Waals surface area contributed by atoms with E-state index >= 15 is 0 Å². The number of aliphatic imine (C=N–C) groups is 1. The molecule has 3 rings (SSSR count). The lowest BCUT2D eigenvalue weighted by atomic mass is 10.3. The summed E-state index contributed by atoms with van der Waals surface area (Å²) in [5.41, 5.74) is 2.15. The third-order valence-electron chi connectivity index (χ3n) is 4.69. The molecule has 0 amide bonds. The summed E-state index contributed by atoms with van der Waals surface area (Å²) in [6.45, 7) is 3.87. The van der Waals surface area contributed by atoms with Gasteiger partial charge in [-0.3, -0.25) is 4.99 Å². The van der Waals surface area contributed by atoms with E-state index in [9.17, 15) is 8.42 Å². The maximum absolute atomic E-state index is 12.3. The van der Waals surface area contributed by atoms with Gasteiger partial charge in [-0.2, -0.15) is 0 Å². The first-order chi connectivity index (χ1) is 14.0. The van der Waals surface area contributed by atoms with Gasteiger partial charge in [-0.15, -0.1) is 0 Å². The molecule has 0 aliphatic rings. The van der Waals surface area contributed by atoms with E-state index in [0.717, 1.165) is 36.4 Å². The van der Waals surface area contributed by atoms with Crippen molar-refractivity contribution in [2.75, 3.05) is 25.9 Å². The van der Waals surface area contributed by atoms with Gasteiger partial charge in [0, 0.05) is 26.7 Å². The minimum Gasteiger partial charge on any atom is -0.356 e. The molecule has 0 bridgehead atoms. The molecule has 7 nitrogen and oxygen atoms in total. The lowest BCUT2D eigenvalue weighted by Gasteiger charge is -2.13. The number of fused-ring (bicyclic) bond motifs is 1. The highest BCUT2D eigenvalue weighted by Crippen LogP contribution is 2.15. The van der Waals surface area contributed by atoms with Crippen LogP contribution < -0.4 is 10.6 Å². The summed E-state index contributed by atoms with van der Waals surface area (Å²) < 4.78 is 26.9. The first-order valence-electron chi connectivity index (χ1n) is 9.65. The average molecular weight is 414 g/mol. The number of rotatable bonds is 8. The molecule has 154 valence electrons. The summed E-state index contributed by atoms with van der Waals surface area (Å²) in [5.74, 6) is 1.61. The number of nitrogens with one attached hydrogen (secondary N) is 2. The zero-order valence-electron chi connectivity index (χ0n) is 16.8. The number of aryl methyl sites for hydroxylation is 2. The van der Waals surface area contributed by atoms with E-state index < -0.39 is 9.84 Å². The first-order valence-corrected chi connectivity index (χ1v) is 11.3. The van der Waals surface area contributed by atoms with E-state index in [-0.39, 0.29) is 5.75 Å². The first kappa shape index (κ1) is 20.9. The van der Waals surface area contributed by atoms with Gasteiger partial charge in [-0.05, 0) is 37.6 Å². The SMILES string of the molecule is CN=C(NCCCn1c(C)nc2ccccc21)NCCS(=O)(=O)c1ccccc1. The zero-order valence-corrected chi connectivity index (χ0v) is 17.6. The topological polar surface area (TPSA) is 88.4 Å². The summed E-state index contributed by atoms with van der Waals surface area (Å²) >= 11 is 0. The number of hydrogen-bond acceptors (Lipinski definition) is 4. The Hall–Kier alpha value is -2.87. The van der Waals surface area contributed by atoms with Crippen molar-refractivity contribution in [3.63, 3.8) is 0 Å². The third kappa shape index (κ3) is 5.35. The van der Waals surface area contributed by atoms with Crippen LogP contribution in [0.15, 0.2) is 64.5 Å². The van der Waals surface area contributed by atoms with Crippen LogP contribution in [0.2, 0.25) is 0 Å². The Morgan fingerprint density at radius 1 is 1.03 bits per heavy atom. The lowest BCUT2D eigenvalue weighted by molar-refractivity contribution is 0.594. The van der Waals surface area contributed by atoms with Gasteiger partial charge in [-0.25, -0.2) is 13.4 Å². The second-order valence-electron chi connectivity index (χ2n) is 6.71. The molecule has 0 radical (unpaired) electrons. The molecule has 0 saturated carbocycles. The van der Waals surface area contributed by atoms with Crippen LogP contribution in [0.25, 0.3) is 11.0 Å². The predicted octanol–water partition coefficient (Wildman–Crippen LogP) is 2.37. The Morgan fingerprint density at radius 2 is 1.72 bits per heavy atom. The van der Waals surface area contributed by atoms with Crippen LogP contribution in [0, 0.1) is 6.92 Å². The average Bonchev–Trinajstić information content (AvgIpc) is 3.05. The highest BCUT2D eigenvalue weighted by molar-refractivity contribution is 7.91. The van der Waals surface area contributed by atoms with Crippen LogP contribution in [0.5, 0.6) is 0 Å². The van der Waals surface area contributed by atoms with E-state index in [0.29, 0.717) is 17.4 Å². The van der Waals surface area contributed by atoms with Crippen LogP contribution in [0.1, 0.15) is 12.2 Å². The number of nitrogens with zero attached hydrogens (tertiary/aromatic N) is 3. The Morgan fingerprint density at radius 3 is 2.48 bits per heavy atom. The van der Waals surface area contributed by atoms with E-state index in [4.69, 9.17) is 0 Å². The molecule has 1 aromatic heterocycles. The van der Waals surface area contributed by atoms with Gasteiger partial charge < -0.3 is 15.2 Å². The molecule has 0 saturated heterocycles. The molecule has 2 N–H and O–H groups in total. The van der Waals surface area contributed by atoms with Crippen LogP contribution in [0.3, 0.4) is 0 Å². The molecule has 8 heteroatoms. The molecule has 0 aliphatic carbocycles. The van der Waals surface area contributed by atoms with Gasteiger partial charge in [0.25, 0.3) is 0 Å².